The molecule has 0 aliphatic rings. The fourth-order valence-electron chi connectivity index (χ4n) is 1.59. The minimum atomic E-state index is -2.89. The van der Waals surface area contributed by atoms with Crippen molar-refractivity contribution in [1.82, 2.24) is 10.6 Å². The smallest absolute Gasteiger partial charge is 0.191 e. The largest absolute Gasteiger partial charge is 0.381 e. The molecule has 0 saturated carbocycles. The molecule has 0 atom stereocenters. The Morgan fingerprint density at radius 1 is 1.09 bits per heavy atom. The van der Waals surface area contributed by atoms with Gasteiger partial charge in [-0.2, -0.15) is 0 Å². The van der Waals surface area contributed by atoms with Gasteiger partial charge in [0.2, 0.25) is 0 Å². The van der Waals surface area contributed by atoms with Gasteiger partial charge in [0.25, 0.3) is 0 Å². The van der Waals surface area contributed by atoms with Crippen LogP contribution >= 0.6 is 24.0 Å². The molecule has 0 saturated heterocycles. The molecular weight excluding hydrogens is 417 g/mol. The summed E-state index contributed by atoms with van der Waals surface area (Å²) in [6, 6.07) is 0. The Balaban J connectivity index is 0. The predicted molar refractivity (Wildman–Crippen MR) is 104 cm³/mol. The second-order valence-corrected chi connectivity index (χ2v) is 7.25. The maximum absolute atomic E-state index is 11.0. The Bertz CT molecular complexity index is 376. The van der Waals surface area contributed by atoms with Crippen molar-refractivity contribution in [3.63, 3.8) is 0 Å². The van der Waals surface area contributed by atoms with E-state index in [1.165, 1.54) is 6.26 Å². The zero-order valence-corrected chi connectivity index (χ0v) is 17.2. The second-order valence-electron chi connectivity index (χ2n) is 4.99. The molecule has 0 unspecified atom stereocenters. The summed E-state index contributed by atoms with van der Waals surface area (Å²) < 4.78 is 27.5. The van der Waals surface area contributed by atoms with Crippen molar-refractivity contribution in [2.45, 2.75) is 39.5 Å². The summed E-state index contributed by atoms with van der Waals surface area (Å²) >= 11 is 0. The minimum Gasteiger partial charge on any atom is -0.381 e. The van der Waals surface area contributed by atoms with Crippen molar-refractivity contribution in [3.05, 3.63) is 0 Å². The van der Waals surface area contributed by atoms with Crippen LogP contribution < -0.4 is 10.6 Å². The standard InChI is InChI=1S/C14H31N3O3S.HI/c1-4-6-11-20-12-7-9-16-14(15-5-2)17-10-8-13-21(3,18)19;/h4-13H2,1-3H3,(H2,15,16,17);1H. The number of sulfone groups is 1. The Hall–Kier alpha value is -0.0900. The van der Waals surface area contributed by atoms with Gasteiger partial charge in [0.05, 0.1) is 5.75 Å². The molecule has 0 spiro atoms. The van der Waals surface area contributed by atoms with Crippen molar-refractivity contribution >= 4 is 39.8 Å². The number of hydrogen-bond acceptors (Lipinski definition) is 4. The Morgan fingerprint density at radius 2 is 1.77 bits per heavy atom. The second kappa shape index (κ2) is 15.8. The SMILES string of the molecule is CCCCOCCCNC(=NCCCS(C)(=O)=O)NCC.I. The van der Waals surface area contributed by atoms with Gasteiger partial charge in [-0.1, -0.05) is 13.3 Å². The molecule has 134 valence electrons. The van der Waals surface area contributed by atoms with Crippen molar-refractivity contribution in [1.29, 1.82) is 0 Å². The minimum absolute atomic E-state index is 0. The number of ether oxygens (including phenoxy) is 1. The van der Waals surface area contributed by atoms with Crippen molar-refractivity contribution in [2.75, 3.05) is 44.9 Å². The highest BCUT2D eigenvalue weighted by atomic mass is 127. The van der Waals surface area contributed by atoms with Gasteiger partial charge >= 0.3 is 0 Å². The van der Waals surface area contributed by atoms with Gasteiger partial charge in [-0.25, -0.2) is 8.42 Å². The van der Waals surface area contributed by atoms with Crippen LogP contribution in [0, 0.1) is 0 Å². The maximum Gasteiger partial charge on any atom is 0.191 e. The highest BCUT2D eigenvalue weighted by molar-refractivity contribution is 14.0. The van der Waals surface area contributed by atoms with Crippen LogP contribution in [0.1, 0.15) is 39.5 Å². The van der Waals surface area contributed by atoms with E-state index in [9.17, 15) is 8.42 Å². The van der Waals surface area contributed by atoms with Crippen LogP contribution in [0.2, 0.25) is 0 Å². The van der Waals surface area contributed by atoms with E-state index in [2.05, 4.69) is 22.5 Å². The lowest BCUT2D eigenvalue weighted by atomic mass is 10.4. The van der Waals surface area contributed by atoms with Crippen LogP contribution in [0.5, 0.6) is 0 Å². The number of rotatable bonds is 12. The number of nitrogens with one attached hydrogen (secondary N) is 2. The van der Waals surface area contributed by atoms with E-state index in [0.29, 0.717) is 13.0 Å². The van der Waals surface area contributed by atoms with Crippen LogP contribution in [0.3, 0.4) is 0 Å². The Labute approximate surface area is 152 Å². The van der Waals surface area contributed by atoms with E-state index in [1.54, 1.807) is 0 Å². The summed E-state index contributed by atoms with van der Waals surface area (Å²) in [5.74, 6) is 0.917. The first-order valence-corrected chi connectivity index (χ1v) is 9.83. The van der Waals surface area contributed by atoms with Crippen molar-refractivity contribution < 1.29 is 13.2 Å². The monoisotopic (exact) mass is 449 g/mol. The molecule has 0 amide bonds. The first kappa shape index (κ1) is 24.2. The molecule has 2 N–H and O–H groups in total. The topological polar surface area (TPSA) is 79.8 Å². The van der Waals surface area contributed by atoms with Crippen LogP contribution in [0.4, 0.5) is 0 Å². The van der Waals surface area contributed by atoms with Gasteiger partial charge in [-0.15, -0.1) is 24.0 Å². The summed E-state index contributed by atoms with van der Waals surface area (Å²) in [6.07, 6.45) is 4.99. The lowest BCUT2D eigenvalue weighted by molar-refractivity contribution is 0.129. The fourth-order valence-corrected chi connectivity index (χ4v) is 2.24. The summed E-state index contributed by atoms with van der Waals surface area (Å²) in [6.45, 7) is 7.82. The number of halogens is 1. The third kappa shape index (κ3) is 18.0. The van der Waals surface area contributed by atoms with Crippen molar-refractivity contribution in [2.24, 2.45) is 4.99 Å². The third-order valence-electron chi connectivity index (χ3n) is 2.69. The summed E-state index contributed by atoms with van der Waals surface area (Å²) in [4.78, 5) is 4.35. The van der Waals surface area contributed by atoms with E-state index in [4.69, 9.17) is 4.74 Å². The van der Waals surface area contributed by atoms with Crippen LogP contribution in [0.25, 0.3) is 0 Å². The molecule has 6 nitrogen and oxygen atoms in total. The molecule has 0 rings (SSSR count). The molecule has 0 aromatic heterocycles. The zero-order chi connectivity index (χ0) is 16.0. The first-order valence-electron chi connectivity index (χ1n) is 7.77. The molecular formula is C14H32IN3O3S. The van der Waals surface area contributed by atoms with Crippen LogP contribution in [0.15, 0.2) is 4.99 Å². The van der Waals surface area contributed by atoms with Gasteiger partial charge in [-0.05, 0) is 26.2 Å². The van der Waals surface area contributed by atoms with Gasteiger partial charge in [0, 0.05) is 39.1 Å². The van der Waals surface area contributed by atoms with E-state index < -0.39 is 9.84 Å². The number of aliphatic imine (C=N–C) groups is 1. The first-order chi connectivity index (χ1) is 9.99. The lowest BCUT2D eigenvalue weighted by Gasteiger charge is -2.11. The maximum atomic E-state index is 11.0. The molecule has 0 aromatic carbocycles. The summed E-state index contributed by atoms with van der Waals surface area (Å²) in [5.41, 5.74) is 0. The Morgan fingerprint density at radius 3 is 2.36 bits per heavy atom. The van der Waals surface area contributed by atoms with E-state index in [0.717, 1.165) is 51.5 Å². The summed E-state index contributed by atoms with van der Waals surface area (Å²) in [5, 5.41) is 6.36. The molecule has 0 aliphatic carbocycles. The van der Waals surface area contributed by atoms with Crippen LogP contribution in [-0.2, 0) is 14.6 Å². The van der Waals surface area contributed by atoms with E-state index >= 15 is 0 Å². The number of guanidine groups is 1. The summed E-state index contributed by atoms with van der Waals surface area (Å²) in [7, 11) is -2.89. The van der Waals surface area contributed by atoms with Crippen molar-refractivity contribution in [3.8, 4) is 0 Å². The predicted octanol–water partition coefficient (Wildman–Crippen LogP) is 1.80. The lowest BCUT2D eigenvalue weighted by Crippen LogP contribution is -2.38. The highest BCUT2D eigenvalue weighted by Crippen LogP contribution is 1.91. The molecule has 22 heavy (non-hydrogen) atoms. The number of unbranched alkanes of at least 4 members (excludes halogenated alkanes) is 1. The van der Waals surface area contributed by atoms with E-state index in [-0.39, 0.29) is 29.7 Å². The highest BCUT2D eigenvalue weighted by Gasteiger charge is 2.01. The number of hydrogen-bond donors (Lipinski definition) is 2. The zero-order valence-electron chi connectivity index (χ0n) is 14.1. The van der Waals surface area contributed by atoms with Gasteiger partial charge in [0.1, 0.15) is 9.84 Å². The van der Waals surface area contributed by atoms with E-state index in [1.807, 2.05) is 6.92 Å². The number of nitrogens with zero attached hydrogens (tertiary/aromatic N) is 1. The fraction of sp³-hybridized carbons (Fsp3) is 0.929. The van der Waals surface area contributed by atoms with Gasteiger partial charge in [-0.3, -0.25) is 4.99 Å². The molecule has 0 aliphatic heterocycles. The van der Waals surface area contributed by atoms with Crippen LogP contribution in [-0.4, -0.2) is 59.2 Å². The molecule has 0 fully saturated rings. The van der Waals surface area contributed by atoms with Gasteiger partial charge in [0.15, 0.2) is 5.96 Å². The molecule has 8 heteroatoms. The Kier molecular flexibility index (Phi) is 17.3. The molecule has 0 bridgehead atoms. The average molecular weight is 449 g/mol. The third-order valence-corrected chi connectivity index (χ3v) is 3.72. The van der Waals surface area contributed by atoms with Gasteiger partial charge < -0.3 is 15.4 Å². The normalized spacial score (nSPS) is 11.9. The molecule has 0 radical (unpaired) electrons. The quantitative estimate of drug-likeness (QED) is 0.206. The molecule has 0 aromatic rings. The average Bonchev–Trinajstić information content (AvgIpc) is 2.41. The molecule has 0 heterocycles.